The molecule has 1 rings (SSSR count). The highest BCUT2D eigenvalue weighted by Crippen LogP contribution is 2.27. The van der Waals surface area contributed by atoms with Crippen LogP contribution in [-0.4, -0.2) is 32.4 Å². The van der Waals surface area contributed by atoms with E-state index < -0.39 is 18.2 Å². The molecule has 0 fully saturated rings. The van der Waals surface area contributed by atoms with Crippen LogP contribution in [0.15, 0.2) is 30.4 Å². The van der Waals surface area contributed by atoms with E-state index in [4.69, 9.17) is 21.1 Å². The molecule has 21 heavy (non-hydrogen) atoms. The first kappa shape index (κ1) is 16.8. The summed E-state index contributed by atoms with van der Waals surface area (Å²) >= 11 is 5.88. The van der Waals surface area contributed by atoms with Crippen LogP contribution in [0, 0.1) is 0 Å². The third-order valence-corrected chi connectivity index (χ3v) is 2.80. The first-order chi connectivity index (χ1) is 9.88. The quantitative estimate of drug-likeness (QED) is 0.668. The number of hydrogen-bond donors (Lipinski definition) is 1. The number of amides is 1. The fourth-order valence-electron chi connectivity index (χ4n) is 1.45. The summed E-state index contributed by atoms with van der Waals surface area (Å²) in [4.78, 5) is 23.2. The number of esters is 1. The number of carbonyl (C=O) groups excluding carboxylic acids is 2. The number of benzene rings is 1. The van der Waals surface area contributed by atoms with Gasteiger partial charge in [-0.3, -0.25) is 5.32 Å². The highest BCUT2D eigenvalue weighted by atomic mass is 35.5. The monoisotopic (exact) mass is 313 g/mol. The van der Waals surface area contributed by atoms with Gasteiger partial charge in [0.1, 0.15) is 5.75 Å². The number of rotatable bonds is 5. The lowest BCUT2D eigenvalue weighted by Crippen LogP contribution is -2.31. The summed E-state index contributed by atoms with van der Waals surface area (Å²) in [7, 11) is 2.65. The normalized spacial score (nSPS) is 11.2. The van der Waals surface area contributed by atoms with Gasteiger partial charge in [-0.05, 0) is 24.6 Å². The van der Waals surface area contributed by atoms with Crippen molar-refractivity contribution in [3.8, 4) is 5.75 Å². The molecule has 7 heteroatoms. The lowest BCUT2D eigenvalue weighted by Gasteiger charge is -2.16. The van der Waals surface area contributed by atoms with Crippen molar-refractivity contribution in [1.29, 1.82) is 0 Å². The van der Waals surface area contributed by atoms with Gasteiger partial charge in [-0.25, -0.2) is 9.59 Å². The summed E-state index contributed by atoms with van der Waals surface area (Å²) in [5.41, 5.74) is 0.761. The molecule has 1 amide bonds. The molecule has 0 aliphatic heterocycles. The lowest BCUT2D eigenvalue weighted by molar-refractivity contribution is -0.148. The Bertz CT molecular complexity index is 558. The van der Waals surface area contributed by atoms with Crippen molar-refractivity contribution in [3.05, 3.63) is 35.4 Å². The second kappa shape index (κ2) is 7.54. The van der Waals surface area contributed by atoms with E-state index >= 15 is 0 Å². The molecule has 0 bridgehead atoms. The van der Waals surface area contributed by atoms with E-state index in [1.54, 1.807) is 19.1 Å². The first-order valence-corrected chi connectivity index (χ1v) is 6.31. The van der Waals surface area contributed by atoms with Gasteiger partial charge in [-0.15, -0.1) is 0 Å². The van der Waals surface area contributed by atoms with Crippen molar-refractivity contribution in [2.45, 2.75) is 13.0 Å². The van der Waals surface area contributed by atoms with Crippen molar-refractivity contribution >= 4 is 29.4 Å². The molecule has 0 radical (unpaired) electrons. The van der Waals surface area contributed by atoms with Crippen LogP contribution in [0.1, 0.15) is 6.92 Å². The zero-order valence-corrected chi connectivity index (χ0v) is 12.7. The Balaban J connectivity index is 2.76. The Kier molecular flexibility index (Phi) is 6.05. The van der Waals surface area contributed by atoms with E-state index in [2.05, 4.69) is 16.6 Å². The van der Waals surface area contributed by atoms with E-state index in [1.165, 1.54) is 20.3 Å². The predicted molar refractivity (Wildman–Crippen MR) is 78.7 cm³/mol. The van der Waals surface area contributed by atoms with Crippen LogP contribution in [0.25, 0.3) is 0 Å². The minimum absolute atomic E-state index is 0.352. The van der Waals surface area contributed by atoms with Gasteiger partial charge in [0.05, 0.1) is 19.2 Å². The summed E-state index contributed by atoms with van der Waals surface area (Å²) in [5, 5.41) is 2.87. The van der Waals surface area contributed by atoms with Crippen LogP contribution < -0.4 is 10.1 Å². The first-order valence-electron chi connectivity index (χ1n) is 5.93. The minimum atomic E-state index is -1.16. The molecule has 0 aliphatic carbocycles. The Hall–Kier alpha value is -2.21. The SMILES string of the molecule is C=C(C)C(OC(=O)Nc1ccc(Cl)c(OC)c1)C(=O)OC. The number of ether oxygens (including phenoxy) is 3. The van der Waals surface area contributed by atoms with E-state index in [-0.39, 0.29) is 0 Å². The fourth-order valence-corrected chi connectivity index (χ4v) is 1.64. The topological polar surface area (TPSA) is 73.9 Å². The zero-order chi connectivity index (χ0) is 16.0. The number of methoxy groups -OCH3 is 2. The molecule has 114 valence electrons. The van der Waals surface area contributed by atoms with Crippen LogP contribution >= 0.6 is 11.6 Å². The van der Waals surface area contributed by atoms with Gasteiger partial charge in [0, 0.05) is 11.8 Å². The standard InChI is InChI=1S/C14H16ClNO5/c1-8(2)12(13(17)20-4)21-14(18)16-9-5-6-10(15)11(7-9)19-3/h5-7,12H,1H2,2-4H3,(H,16,18). The molecule has 0 heterocycles. The molecule has 1 aromatic carbocycles. The number of hydrogen-bond acceptors (Lipinski definition) is 5. The lowest BCUT2D eigenvalue weighted by atomic mass is 10.2. The Morgan fingerprint density at radius 2 is 2.00 bits per heavy atom. The summed E-state index contributed by atoms with van der Waals surface area (Å²) in [6.07, 6.45) is -1.98. The Morgan fingerprint density at radius 1 is 1.33 bits per heavy atom. The van der Waals surface area contributed by atoms with Gasteiger partial charge >= 0.3 is 12.1 Å². The van der Waals surface area contributed by atoms with Crippen LogP contribution in [-0.2, 0) is 14.3 Å². The third kappa shape index (κ3) is 4.68. The van der Waals surface area contributed by atoms with Gasteiger partial charge in [0.25, 0.3) is 0 Å². The Labute approximate surface area is 127 Å². The average Bonchev–Trinajstić information content (AvgIpc) is 2.45. The summed E-state index contributed by atoms with van der Waals surface area (Å²) in [6, 6.07) is 4.66. The van der Waals surface area contributed by atoms with Gasteiger partial charge in [0.15, 0.2) is 0 Å². The van der Waals surface area contributed by atoms with E-state index in [9.17, 15) is 9.59 Å². The van der Waals surface area contributed by atoms with Crippen molar-refractivity contribution in [2.75, 3.05) is 19.5 Å². The predicted octanol–water partition coefficient (Wildman–Crippen LogP) is 3.01. The van der Waals surface area contributed by atoms with E-state index in [0.29, 0.717) is 22.0 Å². The smallest absolute Gasteiger partial charge is 0.412 e. The Morgan fingerprint density at radius 3 is 2.52 bits per heavy atom. The molecule has 0 aromatic heterocycles. The molecule has 1 atom stereocenters. The summed E-state index contributed by atoms with van der Waals surface area (Å²) < 4.78 is 14.5. The number of anilines is 1. The molecule has 1 N–H and O–H groups in total. The van der Waals surface area contributed by atoms with Crippen LogP contribution in [0.3, 0.4) is 0 Å². The van der Waals surface area contributed by atoms with Crippen LogP contribution in [0.4, 0.5) is 10.5 Å². The second-order valence-electron chi connectivity index (χ2n) is 4.13. The van der Waals surface area contributed by atoms with E-state index in [0.717, 1.165) is 0 Å². The molecule has 1 aromatic rings. The second-order valence-corrected chi connectivity index (χ2v) is 4.54. The molecule has 6 nitrogen and oxygen atoms in total. The maximum Gasteiger partial charge on any atom is 0.412 e. The highest BCUT2D eigenvalue weighted by Gasteiger charge is 2.24. The maximum atomic E-state index is 11.8. The minimum Gasteiger partial charge on any atom is -0.495 e. The van der Waals surface area contributed by atoms with Crippen molar-refractivity contribution in [2.24, 2.45) is 0 Å². The molecule has 0 saturated carbocycles. The van der Waals surface area contributed by atoms with Crippen molar-refractivity contribution < 1.29 is 23.8 Å². The molecular formula is C14H16ClNO5. The van der Waals surface area contributed by atoms with Crippen LogP contribution in [0.2, 0.25) is 5.02 Å². The number of nitrogens with one attached hydrogen (secondary N) is 1. The van der Waals surface area contributed by atoms with Gasteiger partial charge in [0.2, 0.25) is 6.10 Å². The summed E-state index contributed by atoms with van der Waals surface area (Å²) in [6.45, 7) is 5.14. The molecule has 0 aliphatic rings. The van der Waals surface area contributed by atoms with Gasteiger partial charge in [-0.1, -0.05) is 18.2 Å². The fraction of sp³-hybridized carbons (Fsp3) is 0.286. The molecular weight excluding hydrogens is 298 g/mol. The van der Waals surface area contributed by atoms with Crippen molar-refractivity contribution in [1.82, 2.24) is 0 Å². The van der Waals surface area contributed by atoms with E-state index in [1.807, 2.05) is 0 Å². The number of halogens is 1. The number of carbonyl (C=O) groups is 2. The third-order valence-electron chi connectivity index (χ3n) is 2.49. The maximum absolute atomic E-state index is 11.8. The highest BCUT2D eigenvalue weighted by molar-refractivity contribution is 6.32. The largest absolute Gasteiger partial charge is 0.495 e. The zero-order valence-electron chi connectivity index (χ0n) is 11.9. The average molecular weight is 314 g/mol. The molecule has 0 spiro atoms. The molecule has 0 saturated heterocycles. The molecule has 1 unspecified atom stereocenters. The van der Waals surface area contributed by atoms with Crippen molar-refractivity contribution in [3.63, 3.8) is 0 Å². The van der Waals surface area contributed by atoms with Gasteiger partial charge < -0.3 is 14.2 Å². The summed E-state index contributed by atoms with van der Waals surface area (Å²) in [5.74, 6) is -0.301. The van der Waals surface area contributed by atoms with Gasteiger partial charge in [-0.2, -0.15) is 0 Å². The van der Waals surface area contributed by atoms with Crippen LogP contribution in [0.5, 0.6) is 5.75 Å².